The quantitative estimate of drug-likeness (QED) is 0.371. The molecule has 1 unspecified atom stereocenters. The third-order valence-corrected chi connectivity index (χ3v) is 8.45. The van der Waals surface area contributed by atoms with Crippen molar-refractivity contribution in [3.63, 3.8) is 0 Å². The number of ether oxygens (including phenoxy) is 1. The van der Waals surface area contributed by atoms with Crippen molar-refractivity contribution < 1.29 is 14.3 Å². The number of carbonyl (C=O) groups excluding carboxylic acids is 2. The molecule has 1 atom stereocenters. The van der Waals surface area contributed by atoms with E-state index in [1.54, 1.807) is 18.5 Å². The van der Waals surface area contributed by atoms with Gasteiger partial charge in [-0.05, 0) is 58.2 Å². The first-order valence-electron chi connectivity index (χ1n) is 14.3. The van der Waals surface area contributed by atoms with Gasteiger partial charge in [-0.1, -0.05) is 30.9 Å². The molecule has 2 aliphatic rings. The van der Waals surface area contributed by atoms with Crippen molar-refractivity contribution >= 4 is 50.9 Å². The van der Waals surface area contributed by atoms with E-state index in [1.807, 2.05) is 12.1 Å². The number of hydrogen-bond donors (Lipinski definition) is 2. The minimum absolute atomic E-state index is 0.00341. The van der Waals surface area contributed by atoms with Crippen LogP contribution in [0.2, 0.25) is 5.02 Å². The molecule has 3 heterocycles. The van der Waals surface area contributed by atoms with Gasteiger partial charge in [0.1, 0.15) is 0 Å². The van der Waals surface area contributed by atoms with Gasteiger partial charge in [-0.15, -0.1) is 0 Å². The Morgan fingerprint density at radius 2 is 2.03 bits per heavy atom. The molecule has 0 radical (unpaired) electrons. The summed E-state index contributed by atoms with van der Waals surface area (Å²) in [6, 6.07) is 5.95. The Balaban J connectivity index is 1.25. The lowest BCUT2D eigenvalue weighted by molar-refractivity contribution is -0.145. The number of amides is 2. The number of hydrogen-bond acceptors (Lipinski definition) is 5. The molecular weight excluding hydrogens is 514 g/mol. The Bertz CT molecular complexity index is 1330. The number of benzene rings is 1. The molecule has 1 aliphatic heterocycles. The molecule has 1 saturated carbocycles. The Morgan fingerprint density at radius 3 is 2.79 bits per heavy atom. The zero-order chi connectivity index (χ0) is 27.6. The van der Waals surface area contributed by atoms with Crippen molar-refractivity contribution in [2.75, 3.05) is 31.6 Å². The predicted molar refractivity (Wildman–Crippen MR) is 156 cm³/mol. The third-order valence-electron chi connectivity index (χ3n) is 8.23. The van der Waals surface area contributed by atoms with Gasteiger partial charge in [0.15, 0.2) is 0 Å². The first-order chi connectivity index (χ1) is 18.7. The van der Waals surface area contributed by atoms with Crippen molar-refractivity contribution in [3.8, 4) is 0 Å². The van der Waals surface area contributed by atoms with Crippen LogP contribution in [0.5, 0.6) is 0 Å². The summed E-state index contributed by atoms with van der Waals surface area (Å²) in [6.45, 7) is 8.46. The van der Waals surface area contributed by atoms with E-state index in [4.69, 9.17) is 16.3 Å². The summed E-state index contributed by atoms with van der Waals surface area (Å²) >= 11 is 6.41. The van der Waals surface area contributed by atoms with Crippen molar-refractivity contribution in [2.24, 2.45) is 0 Å². The minimum Gasteiger partial charge on any atom is -0.373 e. The molecule has 3 aromatic rings. The second-order valence-electron chi connectivity index (χ2n) is 11.6. The molecule has 0 spiro atoms. The number of nitrogens with zero attached hydrogens (tertiary/aromatic N) is 3. The molecule has 8 nitrogen and oxygen atoms in total. The molecule has 2 N–H and O–H groups in total. The molecule has 39 heavy (non-hydrogen) atoms. The number of carbonyl (C=O) groups is 2. The van der Waals surface area contributed by atoms with Gasteiger partial charge in [0.25, 0.3) is 0 Å². The van der Waals surface area contributed by atoms with Crippen LogP contribution in [-0.4, -0.2) is 75.5 Å². The van der Waals surface area contributed by atoms with Crippen LogP contribution in [0.1, 0.15) is 65.7 Å². The van der Waals surface area contributed by atoms with Crippen LogP contribution in [0.15, 0.2) is 30.6 Å². The van der Waals surface area contributed by atoms with Gasteiger partial charge in [-0.2, -0.15) is 0 Å². The summed E-state index contributed by atoms with van der Waals surface area (Å²) in [5.41, 5.74) is 2.03. The molecule has 9 heteroatoms. The Hall–Kier alpha value is -2.68. The number of H-pyrrole nitrogens is 1. The summed E-state index contributed by atoms with van der Waals surface area (Å²) in [5, 5.41) is 5.57. The molecule has 1 saturated heterocycles. The number of halogens is 1. The molecule has 1 aliphatic carbocycles. The van der Waals surface area contributed by atoms with Crippen molar-refractivity contribution in [1.29, 1.82) is 0 Å². The zero-order valence-corrected chi connectivity index (χ0v) is 24.0. The molecule has 2 aromatic heterocycles. The van der Waals surface area contributed by atoms with Gasteiger partial charge in [0.2, 0.25) is 11.8 Å². The maximum Gasteiger partial charge on any atom is 0.237 e. The average Bonchev–Trinajstić information content (AvgIpc) is 3.28. The molecule has 2 amide bonds. The van der Waals surface area contributed by atoms with Crippen LogP contribution >= 0.6 is 11.6 Å². The maximum absolute atomic E-state index is 13.5. The normalized spacial score (nSPS) is 20.4. The molecule has 5 rings (SSSR count). The highest BCUT2D eigenvalue weighted by molar-refractivity contribution is 6.32. The van der Waals surface area contributed by atoms with E-state index in [9.17, 15) is 9.59 Å². The number of anilines is 1. The fraction of sp³-hybridized carbons (Fsp3) is 0.567. The highest BCUT2D eigenvalue weighted by Gasteiger charge is 2.36. The van der Waals surface area contributed by atoms with Crippen LogP contribution in [0.4, 0.5) is 5.69 Å². The van der Waals surface area contributed by atoms with E-state index in [-0.39, 0.29) is 23.5 Å². The van der Waals surface area contributed by atoms with Gasteiger partial charge in [0, 0.05) is 53.6 Å². The maximum atomic E-state index is 13.5. The molecule has 0 bridgehead atoms. The standard InChI is InChI=1S/C30H40ClN5O3/c1-4-36(21-8-6-5-7-9-21)28(38)17-35-19-30(2,3)39-18-22(35)10-11-27(37)33-25-15-20(31)14-24-23-12-13-32-16-26(23)34-29(24)25/h12-16,21-22,34H,4-11,17-19H2,1-3H3,(H,33,37). The first kappa shape index (κ1) is 27.9. The summed E-state index contributed by atoms with van der Waals surface area (Å²) in [6.07, 6.45) is 10.3. The Labute approximate surface area is 235 Å². The van der Waals surface area contributed by atoms with Gasteiger partial charge in [-0.3, -0.25) is 19.5 Å². The number of morpholine rings is 1. The van der Waals surface area contributed by atoms with E-state index < -0.39 is 0 Å². The molecular formula is C30H40ClN5O3. The second-order valence-corrected chi connectivity index (χ2v) is 12.0. The highest BCUT2D eigenvalue weighted by Crippen LogP contribution is 2.33. The number of aromatic amines is 1. The lowest BCUT2D eigenvalue weighted by Crippen LogP contribution is -2.57. The first-order valence-corrected chi connectivity index (χ1v) is 14.6. The fourth-order valence-corrected chi connectivity index (χ4v) is 6.48. The topological polar surface area (TPSA) is 90.6 Å². The predicted octanol–water partition coefficient (Wildman–Crippen LogP) is 5.75. The number of pyridine rings is 1. The molecule has 1 aromatic carbocycles. The average molecular weight is 554 g/mol. The van der Waals surface area contributed by atoms with Gasteiger partial charge in [0.05, 0.1) is 41.7 Å². The summed E-state index contributed by atoms with van der Waals surface area (Å²) in [7, 11) is 0. The van der Waals surface area contributed by atoms with Crippen LogP contribution in [0.3, 0.4) is 0 Å². The Kier molecular flexibility index (Phi) is 8.45. The van der Waals surface area contributed by atoms with Crippen LogP contribution in [0, 0.1) is 0 Å². The van der Waals surface area contributed by atoms with E-state index >= 15 is 0 Å². The van der Waals surface area contributed by atoms with Crippen molar-refractivity contribution in [1.82, 2.24) is 19.8 Å². The number of rotatable bonds is 8. The zero-order valence-electron chi connectivity index (χ0n) is 23.3. The smallest absolute Gasteiger partial charge is 0.237 e. The summed E-state index contributed by atoms with van der Waals surface area (Å²) in [5.74, 6) is 0.0926. The number of nitrogens with one attached hydrogen (secondary N) is 2. The number of likely N-dealkylation sites (N-methyl/N-ethyl adjacent to an activating group) is 1. The van der Waals surface area contributed by atoms with Gasteiger partial charge < -0.3 is 19.9 Å². The lowest BCUT2D eigenvalue weighted by atomic mass is 9.94. The Morgan fingerprint density at radius 1 is 1.23 bits per heavy atom. The summed E-state index contributed by atoms with van der Waals surface area (Å²) < 4.78 is 6.12. The highest BCUT2D eigenvalue weighted by atomic mass is 35.5. The van der Waals surface area contributed by atoms with Crippen LogP contribution in [0.25, 0.3) is 21.8 Å². The fourth-order valence-electron chi connectivity index (χ4n) is 6.26. The van der Waals surface area contributed by atoms with Gasteiger partial charge in [-0.25, -0.2) is 0 Å². The largest absolute Gasteiger partial charge is 0.373 e. The second kappa shape index (κ2) is 11.8. The lowest BCUT2D eigenvalue weighted by Gasteiger charge is -2.44. The summed E-state index contributed by atoms with van der Waals surface area (Å²) in [4.78, 5) is 38.4. The van der Waals surface area contributed by atoms with E-state index in [0.717, 1.165) is 41.2 Å². The SMILES string of the molecule is CCN(C(=O)CN1CC(C)(C)OCC1CCC(=O)Nc1cc(Cl)cc2c1[nH]c1cnccc12)C1CCCCC1. The van der Waals surface area contributed by atoms with E-state index in [0.29, 0.717) is 49.3 Å². The van der Waals surface area contributed by atoms with Crippen LogP contribution in [-0.2, 0) is 14.3 Å². The third kappa shape index (κ3) is 6.39. The van der Waals surface area contributed by atoms with Gasteiger partial charge >= 0.3 is 0 Å². The van der Waals surface area contributed by atoms with Crippen LogP contribution < -0.4 is 5.32 Å². The molecule has 210 valence electrons. The van der Waals surface area contributed by atoms with Crippen molar-refractivity contribution in [3.05, 3.63) is 35.6 Å². The van der Waals surface area contributed by atoms with E-state index in [2.05, 4.69) is 45.9 Å². The minimum atomic E-state index is -0.336. The number of aromatic nitrogens is 2. The molecule has 2 fully saturated rings. The number of fused-ring (bicyclic) bond motifs is 3. The van der Waals surface area contributed by atoms with E-state index in [1.165, 1.54) is 19.3 Å². The van der Waals surface area contributed by atoms with Crippen molar-refractivity contribution in [2.45, 2.75) is 83.4 Å². The monoisotopic (exact) mass is 553 g/mol.